The summed E-state index contributed by atoms with van der Waals surface area (Å²) in [6.45, 7) is 0.413. The first-order chi connectivity index (χ1) is 9.08. The molecule has 1 amide bonds. The van der Waals surface area contributed by atoms with Crippen molar-refractivity contribution in [2.75, 3.05) is 7.05 Å². The van der Waals surface area contributed by atoms with Gasteiger partial charge in [0.15, 0.2) is 0 Å². The van der Waals surface area contributed by atoms with Crippen LogP contribution in [-0.2, 0) is 6.54 Å². The summed E-state index contributed by atoms with van der Waals surface area (Å²) in [7, 11) is 1.69. The van der Waals surface area contributed by atoms with Gasteiger partial charge in [-0.05, 0) is 35.9 Å². The van der Waals surface area contributed by atoms with E-state index in [1.807, 2.05) is 18.2 Å². The second-order valence-electron chi connectivity index (χ2n) is 4.26. The number of amides is 1. The minimum Gasteiger partial charge on any atom is -0.337 e. The molecule has 0 aromatic heterocycles. The van der Waals surface area contributed by atoms with E-state index < -0.39 is 0 Å². The minimum atomic E-state index is -0.356. The summed E-state index contributed by atoms with van der Waals surface area (Å²) in [5.74, 6) is -0.523. The largest absolute Gasteiger partial charge is 0.337 e. The number of rotatable bonds is 3. The maximum absolute atomic E-state index is 12.8. The van der Waals surface area contributed by atoms with Crippen molar-refractivity contribution in [3.63, 3.8) is 0 Å². The molecule has 0 heterocycles. The minimum absolute atomic E-state index is 0.167. The van der Waals surface area contributed by atoms with Crippen LogP contribution in [0.4, 0.5) is 4.39 Å². The van der Waals surface area contributed by atoms with Crippen molar-refractivity contribution in [1.29, 1.82) is 0 Å². The van der Waals surface area contributed by atoms with Crippen molar-refractivity contribution in [3.8, 4) is 0 Å². The number of carbonyl (C=O) groups is 1. The summed E-state index contributed by atoms with van der Waals surface area (Å²) in [6, 6.07) is 12.9. The van der Waals surface area contributed by atoms with E-state index in [1.54, 1.807) is 18.0 Å². The molecule has 2 nitrogen and oxygen atoms in total. The molecule has 0 saturated heterocycles. The summed E-state index contributed by atoms with van der Waals surface area (Å²) >= 11 is 6.05. The molecule has 19 heavy (non-hydrogen) atoms. The fourth-order valence-corrected chi connectivity index (χ4v) is 1.96. The van der Waals surface area contributed by atoms with Crippen molar-refractivity contribution in [2.24, 2.45) is 0 Å². The number of hydrogen-bond donors (Lipinski definition) is 0. The van der Waals surface area contributed by atoms with E-state index in [1.165, 1.54) is 24.3 Å². The molecule has 0 N–H and O–H groups in total. The molecule has 2 aromatic rings. The fraction of sp³-hybridized carbons (Fsp3) is 0.133. The quantitative estimate of drug-likeness (QED) is 0.837. The van der Waals surface area contributed by atoms with Crippen molar-refractivity contribution in [3.05, 3.63) is 70.5 Å². The lowest BCUT2D eigenvalue weighted by atomic mass is 10.1. The van der Waals surface area contributed by atoms with E-state index in [2.05, 4.69) is 0 Å². The topological polar surface area (TPSA) is 20.3 Å². The second kappa shape index (κ2) is 5.85. The Morgan fingerprint density at radius 2 is 1.79 bits per heavy atom. The summed E-state index contributed by atoms with van der Waals surface area (Å²) in [4.78, 5) is 13.7. The zero-order chi connectivity index (χ0) is 13.8. The average molecular weight is 278 g/mol. The van der Waals surface area contributed by atoms with Gasteiger partial charge in [0.25, 0.3) is 5.91 Å². The van der Waals surface area contributed by atoms with Gasteiger partial charge in [-0.25, -0.2) is 4.39 Å². The molecular formula is C15H13ClFNO. The molecule has 0 bridgehead atoms. The molecule has 0 fully saturated rings. The highest BCUT2D eigenvalue weighted by molar-refractivity contribution is 6.31. The van der Waals surface area contributed by atoms with Crippen LogP contribution in [0.2, 0.25) is 5.02 Å². The van der Waals surface area contributed by atoms with E-state index in [9.17, 15) is 9.18 Å². The third kappa shape index (κ3) is 3.32. The van der Waals surface area contributed by atoms with E-state index in [0.717, 1.165) is 5.56 Å². The van der Waals surface area contributed by atoms with Crippen molar-refractivity contribution in [1.82, 2.24) is 4.90 Å². The Labute approximate surface area is 116 Å². The van der Waals surface area contributed by atoms with Crippen LogP contribution in [0.3, 0.4) is 0 Å². The molecule has 0 aliphatic carbocycles. The normalized spacial score (nSPS) is 10.3. The molecule has 98 valence electrons. The molecule has 2 aromatic carbocycles. The van der Waals surface area contributed by atoms with E-state index in [4.69, 9.17) is 11.6 Å². The molecule has 0 atom stereocenters. The predicted octanol–water partition coefficient (Wildman–Crippen LogP) is 3.75. The van der Waals surface area contributed by atoms with Crippen molar-refractivity contribution >= 4 is 17.5 Å². The van der Waals surface area contributed by atoms with Crippen molar-refractivity contribution in [2.45, 2.75) is 6.54 Å². The van der Waals surface area contributed by atoms with E-state index >= 15 is 0 Å². The van der Waals surface area contributed by atoms with Gasteiger partial charge in [0.05, 0.1) is 0 Å². The van der Waals surface area contributed by atoms with Gasteiger partial charge in [-0.15, -0.1) is 0 Å². The lowest BCUT2D eigenvalue weighted by molar-refractivity contribution is 0.0785. The van der Waals surface area contributed by atoms with Gasteiger partial charge in [0, 0.05) is 24.2 Å². The van der Waals surface area contributed by atoms with Gasteiger partial charge in [-0.1, -0.05) is 29.8 Å². The Morgan fingerprint density at radius 1 is 1.16 bits per heavy atom. The van der Waals surface area contributed by atoms with Crippen LogP contribution in [0, 0.1) is 5.82 Å². The summed E-state index contributed by atoms with van der Waals surface area (Å²) < 4.78 is 12.8. The first-order valence-corrected chi connectivity index (χ1v) is 6.20. The Balaban J connectivity index is 2.12. The first-order valence-electron chi connectivity index (χ1n) is 5.82. The Bertz CT molecular complexity index is 583. The SMILES string of the molecule is CN(Cc1ccccc1Cl)C(=O)c1ccc(F)cc1. The molecular weight excluding hydrogens is 265 g/mol. The third-order valence-corrected chi connectivity index (χ3v) is 3.17. The summed E-state index contributed by atoms with van der Waals surface area (Å²) in [6.07, 6.45) is 0. The zero-order valence-electron chi connectivity index (χ0n) is 10.4. The Hall–Kier alpha value is -1.87. The second-order valence-corrected chi connectivity index (χ2v) is 4.67. The lowest BCUT2D eigenvalue weighted by Crippen LogP contribution is -2.26. The number of nitrogens with zero attached hydrogens (tertiary/aromatic N) is 1. The van der Waals surface area contributed by atoms with Crippen LogP contribution in [0.1, 0.15) is 15.9 Å². The lowest BCUT2D eigenvalue weighted by Gasteiger charge is -2.18. The maximum Gasteiger partial charge on any atom is 0.253 e. The van der Waals surface area contributed by atoms with Crippen LogP contribution in [-0.4, -0.2) is 17.9 Å². The zero-order valence-corrected chi connectivity index (χ0v) is 11.2. The maximum atomic E-state index is 12.8. The van der Waals surface area contributed by atoms with Gasteiger partial charge >= 0.3 is 0 Å². The molecule has 0 radical (unpaired) electrons. The molecule has 2 rings (SSSR count). The Morgan fingerprint density at radius 3 is 2.42 bits per heavy atom. The van der Waals surface area contributed by atoms with Gasteiger partial charge < -0.3 is 4.90 Å². The number of carbonyl (C=O) groups excluding carboxylic acids is 1. The van der Waals surface area contributed by atoms with Gasteiger partial charge in [0.1, 0.15) is 5.82 Å². The van der Waals surface area contributed by atoms with Crippen LogP contribution >= 0.6 is 11.6 Å². The standard InChI is InChI=1S/C15H13ClFNO/c1-18(10-12-4-2-3-5-14(12)16)15(19)11-6-8-13(17)9-7-11/h2-9H,10H2,1H3. The van der Waals surface area contributed by atoms with Gasteiger partial charge in [-0.2, -0.15) is 0 Å². The van der Waals surface area contributed by atoms with Gasteiger partial charge in [0.2, 0.25) is 0 Å². The summed E-state index contributed by atoms with van der Waals surface area (Å²) in [5.41, 5.74) is 1.33. The number of benzene rings is 2. The highest BCUT2D eigenvalue weighted by Gasteiger charge is 2.13. The average Bonchev–Trinajstić information content (AvgIpc) is 2.41. The molecule has 0 spiro atoms. The van der Waals surface area contributed by atoms with E-state index in [0.29, 0.717) is 17.1 Å². The molecule has 0 unspecified atom stereocenters. The van der Waals surface area contributed by atoms with Gasteiger partial charge in [-0.3, -0.25) is 4.79 Å². The monoisotopic (exact) mass is 277 g/mol. The number of hydrogen-bond acceptors (Lipinski definition) is 1. The smallest absolute Gasteiger partial charge is 0.253 e. The van der Waals surface area contributed by atoms with Crippen LogP contribution < -0.4 is 0 Å². The Kier molecular flexibility index (Phi) is 4.17. The predicted molar refractivity (Wildman–Crippen MR) is 73.6 cm³/mol. The van der Waals surface area contributed by atoms with E-state index in [-0.39, 0.29) is 11.7 Å². The highest BCUT2D eigenvalue weighted by atomic mass is 35.5. The van der Waals surface area contributed by atoms with Crippen LogP contribution in [0.25, 0.3) is 0 Å². The first kappa shape index (κ1) is 13.6. The summed E-state index contributed by atoms with van der Waals surface area (Å²) in [5, 5.41) is 0.626. The number of halogens is 2. The molecule has 0 aliphatic rings. The molecule has 0 saturated carbocycles. The third-order valence-electron chi connectivity index (χ3n) is 2.80. The van der Waals surface area contributed by atoms with Crippen molar-refractivity contribution < 1.29 is 9.18 Å². The van der Waals surface area contributed by atoms with Crippen LogP contribution in [0.5, 0.6) is 0 Å². The molecule has 0 aliphatic heterocycles. The fourth-order valence-electron chi connectivity index (χ4n) is 1.77. The highest BCUT2D eigenvalue weighted by Crippen LogP contribution is 2.17. The van der Waals surface area contributed by atoms with Crippen LogP contribution in [0.15, 0.2) is 48.5 Å². The molecule has 4 heteroatoms.